The van der Waals surface area contributed by atoms with Gasteiger partial charge in [-0.05, 0) is 44.0 Å². The lowest BCUT2D eigenvalue weighted by Gasteiger charge is -2.34. The van der Waals surface area contributed by atoms with Crippen LogP contribution in [0.5, 0.6) is 0 Å². The lowest BCUT2D eigenvalue weighted by Crippen LogP contribution is -2.33. The second kappa shape index (κ2) is 8.04. The fourth-order valence-electron chi connectivity index (χ4n) is 2.56. The fraction of sp³-hybridized carbons (Fsp3) is 0.471. The van der Waals surface area contributed by atoms with E-state index in [-0.39, 0.29) is 0 Å². The summed E-state index contributed by atoms with van der Waals surface area (Å²) in [6.45, 7) is 2.10. The van der Waals surface area contributed by atoms with Crippen molar-refractivity contribution in [2.24, 2.45) is 0 Å². The zero-order chi connectivity index (χ0) is 16.0. The monoisotopic (exact) mass is 340 g/mol. The van der Waals surface area contributed by atoms with E-state index >= 15 is 0 Å². The molecule has 0 bridgehead atoms. The average Bonchev–Trinajstić information content (AvgIpc) is 2.50. The lowest BCUT2D eigenvalue weighted by molar-refractivity contribution is -0.137. The van der Waals surface area contributed by atoms with Gasteiger partial charge in [-0.15, -0.1) is 0 Å². The van der Waals surface area contributed by atoms with Gasteiger partial charge in [-0.25, -0.2) is 4.79 Å². The molecule has 1 aliphatic rings. The standard InChI is InChI=1S/C17H21ClO3S/c1-2-21-16(19)12-15(17(20)10-4-3-5-11-17)22-14-8-6-13(18)7-9-14/h6-9,12,20H,2-5,10-11H2,1H3/b15-12-. The zero-order valence-corrected chi connectivity index (χ0v) is 14.3. The molecule has 0 saturated heterocycles. The second-order valence-corrected chi connectivity index (χ2v) is 6.96. The van der Waals surface area contributed by atoms with Crippen molar-refractivity contribution in [2.45, 2.75) is 49.5 Å². The van der Waals surface area contributed by atoms with Crippen LogP contribution in [-0.4, -0.2) is 23.3 Å². The Morgan fingerprint density at radius 3 is 2.55 bits per heavy atom. The Kier molecular flexibility index (Phi) is 6.36. The maximum atomic E-state index is 11.8. The van der Waals surface area contributed by atoms with Crippen LogP contribution < -0.4 is 0 Å². The maximum absolute atomic E-state index is 11.8. The summed E-state index contributed by atoms with van der Waals surface area (Å²) in [4.78, 5) is 13.4. The summed E-state index contributed by atoms with van der Waals surface area (Å²) >= 11 is 7.31. The molecule has 0 unspecified atom stereocenters. The topological polar surface area (TPSA) is 46.5 Å². The van der Waals surface area contributed by atoms with E-state index in [0.717, 1.165) is 24.2 Å². The van der Waals surface area contributed by atoms with Crippen molar-refractivity contribution < 1.29 is 14.6 Å². The summed E-state index contributed by atoms with van der Waals surface area (Å²) in [5.41, 5.74) is -0.935. The molecule has 0 radical (unpaired) electrons. The van der Waals surface area contributed by atoms with Crippen molar-refractivity contribution in [3.63, 3.8) is 0 Å². The fourth-order valence-corrected chi connectivity index (χ4v) is 3.76. The Morgan fingerprint density at radius 1 is 1.32 bits per heavy atom. The van der Waals surface area contributed by atoms with Gasteiger partial charge in [0.05, 0.1) is 12.2 Å². The van der Waals surface area contributed by atoms with Crippen LogP contribution >= 0.6 is 23.4 Å². The minimum Gasteiger partial charge on any atom is -0.463 e. The molecule has 1 aromatic rings. The third kappa shape index (κ3) is 4.77. The first-order valence-electron chi connectivity index (χ1n) is 7.58. The molecule has 120 valence electrons. The van der Waals surface area contributed by atoms with E-state index in [0.29, 0.717) is 29.4 Å². The molecule has 1 fully saturated rings. The first-order valence-corrected chi connectivity index (χ1v) is 8.78. The Bertz CT molecular complexity index is 533. The third-order valence-electron chi connectivity index (χ3n) is 3.72. The second-order valence-electron chi connectivity index (χ2n) is 5.41. The summed E-state index contributed by atoms with van der Waals surface area (Å²) < 4.78 is 5.00. The van der Waals surface area contributed by atoms with Gasteiger partial charge in [0.1, 0.15) is 0 Å². The highest BCUT2D eigenvalue weighted by Gasteiger charge is 2.34. The number of ether oxygens (including phenoxy) is 1. The van der Waals surface area contributed by atoms with Crippen LogP contribution in [0.3, 0.4) is 0 Å². The van der Waals surface area contributed by atoms with Crippen molar-refractivity contribution in [3.8, 4) is 0 Å². The van der Waals surface area contributed by atoms with Crippen LogP contribution in [0.25, 0.3) is 0 Å². The molecule has 0 heterocycles. The molecule has 1 aliphatic carbocycles. The number of hydrogen-bond acceptors (Lipinski definition) is 4. The van der Waals surface area contributed by atoms with Crippen molar-refractivity contribution in [1.29, 1.82) is 0 Å². The minimum absolute atomic E-state index is 0.326. The highest BCUT2D eigenvalue weighted by molar-refractivity contribution is 8.03. The largest absolute Gasteiger partial charge is 0.463 e. The molecule has 5 heteroatoms. The molecule has 2 rings (SSSR count). The third-order valence-corrected chi connectivity index (χ3v) is 5.19. The predicted molar refractivity (Wildman–Crippen MR) is 90.1 cm³/mol. The summed E-state index contributed by atoms with van der Waals surface area (Å²) in [7, 11) is 0. The molecular formula is C17H21ClO3S. The quantitative estimate of drug-likeness (QED) is 0.484. The number of rotatable bonds is 5. The van der Waals surface area contributed by atoms with Gasteiger partial charge in [-0.2, -0.15) is 0 Å². The predicted octanol–water partition coefficient (Wildman–Crippen LogP) is 4.57. The van der Waals surface area contributed by atoms with E-state index < -0.39 is 11.6 Å². The number of esters is 1. The molecule has 0 aliphatic heterocycles. The number of aliphatic hydroxyl groups is 1. The van der Waals surface area contributed by atoms with Crippen LogP contribution in [0, 0.1) is 0 Å². The number of thioether (sulfide) groups is 1. The molecule has 22 heavy (non-hydrogen) atoms. The van der Waals surface area contributed by atoms with Crippen LogP contribution in [0.4, 0.5) is 0 Å². The smallest absolute Gasteiger partial charge is 0.331 e. The molecule has 0 spiro atoms. The first kappa shape index (κ1) is 17.4. The van der Waals surface area contributed by atoms with Crippen LogP contribution in [0.1, 0.15) is 39.0 Å². The Labute approximate surface area is 140 Å². The average molecular weight is 341 g/mol. The number of carbonyl (C=O) groups is 1. The van der Waals surface area contributed by atoms with E-state index in [2.05, 4.69) is 0 Å². The summed E-state index contributed by atoms with van der Waals surface area (Å²) in [5.74, 6) is -0.405. The van der Waals surface area contributed by atoms with Crippen molar-refractivity contribution in [2.75, 3.05) is 6.61 Å². The SMILES string of the molecule is CCOC(=O)/C=C(\Sc1ccc(Cl)cc1)C1(O)CCCCC1. The number of halogens is 1. The molecule has 1 aromatic carbocycles. The van der Waals surface area contributed by atoms with Gasteiger partial charge >= 0.3 is 5.97 Å². The van der Waals surface area contributed by atoms with E-state index in [1.807, 2.05) is 12.1 Å². The minimum atomic E-state index is -0.935. The van der Waals surface area contributed by atoms with Crippen molar-refractivity contribution in [1.82, 2.24) is 0 Å². The Hall–Kier alpha value is -0.970. The highest BCUT2D eigenvalue weighted by Crippen LogP contribution is 2.42. The molecule has 3 nitrogen and oxygen atoms in total. The van der Waals surface area contributed by atoms with Gasteiger partial charge in [-0.1, -0.05) is 42.6 Å². The van der Waals surface area contributed by atoms with Crippen molar-refractivity contribution in [3.05, 3.63) is 40.3 Å². The highest BCUT2D eigenvalue weighted by atomic mass is 35.5. The summed E-state index contributed by atoms with van der Waals surface area (Å²) in [6, 6.07) is 7.38. The Balaban J connectivity index is 2.24. The van der Waals surface area contributed by atoms with E-state index in [1.165, 1.54) is 17.8 Å². The van der Waals surface area contributed by atoms with E-state index in [4.69, 9.17) is 16.3 Å². The first-order chi connectivity index (χ1) is 10.5. The van der Waals surface area contributed by atoms with E-state index in [1.54, 1.807) is 19.1 Å². The van der Waals surface area contributed by atoms with Gasteiger partial charge < -0.3 is 9.84 Å². The maximum Gasteiger partial charge on any atom is 0.331 e. The van der Waals surface area contributed by atoms with Gasteiger partial charge in [0, 0.05) is 20.9 Å². The van der Waals surface area contributed by atoms with Crippen LogP contribution in [0.2, 0.25) is 5.02 Å². The zero-order valence-electron chi connectivity index (χ0n) is 12.7. The number of carbonyl (C=O) groups excluding carboxylic acids is 1. The van der Waals surface area contributed by atoms with Crippen molar-refractivity contribution >= 4 is 29.3 Å². The van der Waals surface area contributed by atoms with E-state index in [9.17, 15) is 9.90 Å². The molecule has 0 amide bonds. The molecule has 1 saturated carbocycles. The van der Waals surface area contributed by atoms with Gasteiger partial charge in [0.15, 0.2) is 0 Å². The van der Waals surface area contributed by atoms with Crippen LogP contribution in [-0.2, 0) is 9.53 Å². The van der Waals surface area contributed by atoms with Gasteiger partial charge in [0.2, 0.25) is 0 Å². The normalized spacial score (nSPS) is 18.0. The summed E-state index contributed by atoms with van der Waals surface area (Å²) in [6.07, 6.45) is 5.86. The molecular weight excluding hydrogens is 320 g/mol. The van der Waals surface area contributed by atoms with Gasteiger partial charge in [0.25, 0.3) is 0 Å². The molecule has 1 N–H and O–H groups in total. The summed E-state index contributed by atoms with van der Waals surface area (Å²) in [5, 5.41) is 11.6. The molecule has 0 atom stereocenters. The molecule has 0 aromatic heterocycles. The van der Waals surface area contributed by atoms with Crippen LogP contribution in [0.15, 0.2) is 40.1 Å². The Morgan fingerprint density at radius 2 is 1.95 bits per heavy atom. The number of benzene rings is 1. The van der Waals surface area contributed by atoms with Gasteiger partial charge in [-0.3, -0.25) is 0 Å². The lowest BCUT2D eigenvalue weighted by atomic mass is 9.84. The number of hydrogen-bond donors (Lipinski definition) is 1.